The first-order valence-corrected chi connectivity index (χ1v) is 6.31. The average Bonchev–Trinajstić information content (AvgIpc) is 2.35. The van der Waals surface area contributed by atoms with Crippen LogP contribution in [0.25, 0.3) is 0 Å². The number of nitrogen functional groups attached to an aromatic ring is 1. The Balaban J connectivity index is 2.31. The van der Waals surface area contributed by atoms with Crippen LogP contribution in [0.2, 0.25) is 0 Å². The van der Waals surface area contributed by atoms with Gasteiger partial charge in [-0.2, -0.15) is 0 Å². The molecule has 1 aromatic heterocycles. The van der Waals surface area contributed by atoms with Crippen LogP contribution in [0.4, 0.5) is 11.6 Å². The predicted molar refractivity (Wildman–Crippen MR) is 71.7 cm³/mol. The van der Waals surface area contributed by atoms with Crippen molar-refractivity contribution >= 4 is 11.6 Å². The highest BCUT2D eigenvalue weighted by atomic mass is 15.3. The van der Waals surface area contributed by atoms with Gasteiger partial charge in [0, 0.05) is 6.04 Å². The molecule has 0 aromatic carbocycles. The lowest BCUT2D eigenvalue weighted by Gasteiger charge is -2.14. The Morgan fingerprint density at radius 1 is 1.24 bits per heavy atom. The molecule has 0 amide bonds. The van der Waals surface area contributed by atoms with Crippen LogP contribution in [0, 0.1) is 0 Å². The standard InChI is InChI=1S/C12H23N5/c1-3-4-5-6-7-10(2)15-11-8-14-9-12(16-11)17-13/h8-10H,3-7,13H2,1-2H3,(H2,15,16,17). The summed E-state index contributed by atoms with van der Waals surface area (Å²) in [6.07, 6.45) is 9.61. The second-order valence-corrected chi connectivity index (χ2v) is 4.33. The fourth-order valence-corrected chi connectivity index (χ4v) is 1.71. The van der Waals surface area contributed by atoms with Crippen molar-refractivity contribution in [2.24, 2.45) is 5.84 Å². The van der Waals surface area contributed by atoms with Gasteiger partial charge >= 0.3 is 0 Å². The third kappa shape index (κ3) is 5.49. The first-order valence-electron chi connectivity index (χ1n) is 6.31. The summed E-state index contributed by atoms with van der Waals surface area (Å²) in [6.45, 7) is 4.39. The van der Waals surface area contributed by atoms with Gasteiger partial charge in [-0.05, 0) is 13.3 Å². The SMILES string of the molecule is CCCCCCC(C)Nc1cncc(NN)n1. The van der Waals surface area contributed by atoms with Crippen LogP contribution in [0.15, 0.2) is 12.4 Å². The van der Waals surface area contributed by atoms with E-state index in [1.807, 2.05) is 0 Å². The summed E-state index contributed by atoms with van der Waals surface area (Å²) in [5.41, 5.74) is 2.49. The summed E-state index contributed by atoms with van der Waals surface area (Å²) >= 11 is 0. The van der Waals surface area contributed by atoms with E-state index in [1.165, 1.54) is 25.7 Å². The zero-order chi connectivity index (χ0) is 12.5. The highest BCUT2D eigenvalue weighted by molar-refractivity contribution is 5.41. The minimum absolute atomic E-state index is 0.411. The molecule has 0 aliphatic heterocycles. The molecule has 1 heterocycles. The Morgan fingerprint density at radius 2 is 2.00 bits per heavy atom. The third-order valence-electron chi connectivity index (χ3n) is 2.67. The van der Waals surface area contributed by atoms with Gasteiger partial charge in [-0.15, -0.1) is 0 Å². The molecule has 0 fully saturated rings. The van der Waals surface area contributed by atoms with Crippen molar-refractivity contribution in [3.05, 3.63) is 12.4 Å². The molecular weight excluding hydrogens is 214 g/mol. The number of hydrogen-bond acceptors (Lipinski definition) is 5. The molecule has 0 saturated heterocycles. The van der Waals surface area contributed by atoms with Crippen molar-refractivity contribution in [1.82, 2.24) is 9.97 Å². The van der Waals surface area contributed by atoms with Gasteiger partial charge in [-0.3, -0.25) is 4.98 Å². The smallest absolute Gasteiger partial charge is 0.160 e. The fourth-order valence-electron chi connectivity index (χ4n) is 1.71. The van der Waals surface area contributed by atoms with Gasteiger partial charge in [0.05, 0.1) is 12.4 Å². The van der Waals surface area contributed by atoms with E-state index < -0.39 is 0 Å². The Bertz CT molecular complexity index is 316. The van der Waals surface area contributed by atoms with Crippen LogP contribution in [-0.4, -0.2) is 16.0 Å². The van der Waals surface area contributed by atoms with Crippen molar-refractivity contribution in [1.29, 1.82) is 0 Å². The second-order valence-electron chi connectivity index (χ2n) is 4.33. The summed E-state index contributed by atoms with van der Waals surface area (Å²) in [4.78, 5) is 8.32. The maximum Gasteiger partial charge on any atom is 0.160 e. The quantitative estimate of drug-likeness (QED) is 0.368. The van der Waals surface area contributed by atoms with E-state index in [0.717, 1.165) is 12.2 Å². The molecule has 0 saturated carbocycles. The molecule has 0 radical (unpaired) electrons. The Labute approximate surface area is 103 Å². The van der Waals surface area contributed by atoms with Crippen LogP contribution in [0.5, 0.6) is 0 Å². The number of hydrogen-bond donors (Lipinski definition) is 3. The molecule has 1 atom stereocenters. The number of anilines is 2. The summed E-state index contributed by atoms with van der Waals surface area (Å²) in [5.74, 6) is 6.63. The van der Waals surface area contributed by atoms with Crippen LogP contribution in [-0.2, 0) is 0 Å². The Kier molecular flexibility index (Phi) is 6.32. The minimum Gasteiger partial charge on any atom is -0.366 e. The summed E-state index contributed by atoms with van der Waals surface area (Å²) in [6, 6.07) is 0.411. The molecule has 1 unspecified atom stereocenters. The summed E-state index contributed by atoms with van der Waals surface area (Å²) in [5, 5.41) is 3.32. The van der Waals surface area contributed by atoms with E-state index in [-0.39, 0.29) is 0 Å². The molecule has 17 heavy (non-hydrogen) atoms. The molecule has 4 N–H and O–H groups in total. The van der Waals surface area contributed by atoms with Crippen LogP contribution in [0.3, 0.4) is 0 Å². The second kappa shape index (κ2) is 7.84. The summed E-state index contributed by atoms with van der Waals surface area (Å²) in [7, 11) is 0. The maximum atomic E-state index is 5.28. The van der Waals surface area contributed by atoms with Gasteiger partial charge in [0.2, 0.25) is 0 Å². The Hall–Kier alpha value is -1.36. The number of rotatable bonds is 8. The van der Waals surface area contributed by atoms with Gasteiger partial charge < -0.3 is 10.7 Å². The van der Waals surface area contributed by atoms with Crippen LogP contribution in [0.1, 0.15) is 46.0 Å². The number of aromatic nitrogens is 2. The lowest BCUT2D eigenvalue weighted by molar-refractivity contribution is 0.593. The molecule has 0 bridgehead atoms. The highest BCUT2D eigenvalue weighted by Crippen LogP contribution is 2.11. The van der Waals surface area contributed by atoms with Crippen molar-refractivity contribution in [2.45, 2.75) is 52.0 Å². The third-order valence-corrected chi connectivity index (χ3v) is 2.67. The van der Waals surface area contributed by atoms with Crippen LogP contribution >= 0.6 is 0 Å². The predicted octanol–water partition coefficient (Wildman–Crippen LogP) is 2.53. The minimum atomic E-state index is 0.411. The lowest BCUT2D eigenvalue weighted by Crippen LogP contribution is -2.17. The number of hydrazine groups is 1. The number of nitrogens with two attached hydrogens (primary N) is 1. The first-order chi connectivity index (χ1) is 8.26. The van der Waals surface area contributed by atoms with Gasteiger partial charge in [-0.1, -0.05) is 32.6 Å². The van der Waals surface area contributed by atoms with E-state index in [9.17, 15) is 0 Å². The Morgan fingerprint density at radius 3 is 2.71 bits per heavy atom. The molecule has 1 rings (SSSR count). The van der Waals surface area contributed by atoms with Crippen LogP contribution < -0.4 is 16.6 Å². The fraction of sp³-hybridized carbons (Fsp3) is 0.667. The molecule has 0 aliphatic carbocycles. The molecule has 1 aromatic rings. The molecular formula is C12H23N5. The van der Waals surface area contributed by atoms with E-state index in [0.29, 0.717) is 11.9 Å². The molecule has 5 nitrogen and oxygen atoms in total. The monoisotopic (exact) mass is 237 g/mol. The largest absolute Gasteiger partial charge is 0.366 e. The number of nitrogens with one attached hydrogen (secondary N) is 2. The molecule has 0 spiro atoms. The normalized spacial score (nSPS) is 12.2. The number of unbranched alkanes of at least 4 members (excludes halogenated alkanes) is 3. The van der Waals surface area contributed by atoms with E-state index in [2.05, 4.69) is 34.6 Å². The maximum absolute atomic E-state index is 5.28. The van der Waals surface area contributed by atoms with E-state index in [1.54, 1.807) is 12.4 Å². The average molecular weight is 237 g/mol. The van der Waals surface area contributed by atoms with Crippen molar-refractivity contribution < 1.29 is 0 Å². The van der Waals surface area contributed by atoms with Gasteiger partial charge in [0.15, 0.2) is 5.82 Å². The van der Waals surface area contributed by atoms with Gasteiger partial charge in [-0.25, -0.2) is 10.8 Å². The van der Waals surface area contributed by atoms with E-state index in [4.69, 9.17) is 5.84 Å². The zero-order valence-corrected chi connectivity index (χ0v) is 10.7. The summed E-state index contributed by atoms with van der Waals surface area (Å²) < 4.78 is 0. The zero-order valence-electron chi connectivity index (χ0n) is 10.7. The number of nitrogens with zero attached hydrogens (tertiary/aromatic N) is 2. The van der Waals surface area contributed by atoms with Crippen molar-refractivity contribution in [2.75, 3.05) is 10.7 Å². The topological polar surface area (TPSA) is 75.9 Å². The molecule has 0 aliphatic rings. The lowest BCUT2D eigenvalue weighted by atomic mass is 10.1. The first kappa shape index (κ1) is 13.7. The van der Waals surface area contributed by atoms with Gasteiger partial charge in [0.1, 0.15) is 5.82 Å². The van der Waals surface area contributed by atoms with Gasteiger partial charge in [0.25, 0.3) is 0 Å². The highest BCUT2D eigenvalue weighted by Gasteiger charge is 2.03. The van der Waals surface area contributed by atoms with E-state index >= 15 is 0 Å². The van der Waals surface area contributed by atoms with Crippen molar-refractivity contribution in [3.8, 4) is 0 Å². The molecule has 96 valence electrons. The van der Waals surface area contributed by atoms with Crippen molar-refractivity contribution in [3.63, 3.8) is 0 Å². The molecule has 5 heteroatoms.